The van der Waals surface area contributed by atoms with Gasteiger partial charge in [0.05, 0.1) is 38.8 Å². The van der Waals surface area contributed by atoms with Gasteiger partial charge in [-0.15, -0.1) is 0 Å². The molecule has 0 fully saturated rings. The molecule has 0 N–H and O–H groups in total. The summed E-state index contributed by atoms with van der Waals surface area (Å²) >= 11 is 17.9. The van der Waals surface area contributed by atoms with Gasteiger partial charge in [0, 0.05) is 5.39 Å². The number of aromatic nitrogens is 1. The number of pyridine rings is 1. The Kier molecular flexibility index (Phi) is 3.20. The summed E-state index contributed by atoms with van der Waals surface area (Å²) in [5.41, 5.74) is 1.24. The molecule has 1 aromatic carbocycles. The minimum absolute atomic E-state index is 0.243. The molecule has 0 amide bonds. The molecule has 80 valence electrons. The highest BCUT2D eigenvalue weighted by Gasteiger charge is 2.10. The lowest BCUT2D eigenvalue weighted by molar-refractivity contribution is 1.15. The molecule has 2 nitrogen and oxygen atoms in total. The van der Waals surface area contributed by atoms with Gasteiger partial charge in [0.15, 0.2) is 0 Å². The van der Waals surface area contributed by atoms with Crippen LogP contribution in [0.15, 0.2) is 18.2 Å². The third-order valence-corrected chi connectivity index (χ3v) is 3.23. The third kappa shape index (κ3) is 1.94. The summed E-state index contributed by atoms with van der Waals surface area (Å²) in [5.74, 6) is 0. The molecule has 0 aliphatic heterocycles. The van der Waals surface area contributed by atoms with Crippen LogP contribution in [0.2, 0.25) is 15.1 Å². The molecular weight excluding hydrogens is 266 g/mol. The van der Waals surface area contributed by atoms with E-state index in [2.05, 4.69) is 4.98 Å². The number of benzene rings is 1. The second-order valence-corrected chi connectivity index (χ2v) is 4.38. The Bertz CT molecular complexity index is 602. The van der Waals surface area contributed by atoms with E-state index in [4.69, 9.17) is 40.1 Å². The summed E-state index contributed by atoms with van der Waals surface area (Å²) in [5, 5.41) is 10.5. The SMILES string of the molecule is N#CCc1ccc2c(Cl)c(Cl)cc(Cl)c2n1. The molecule has 1 aromatic heterocycles. The van der Waals surface area contributed by atoms with Gasteiger partial charge in [-0.1, -0.05) is 34.8 Å². The molecule has 0 spiro atoms. The Balaban J connectivity index is 2.75. The normalized spacial score (nSPS) is 10.4. The standard InChI is InChI=1S/C11H5Cl3N2/c12-8-5-9(13)11-7(10(8)14)2-1-6(16-11)3-4-15/h1-2,5H,3H2. The molecular formula is C11H5Cl3N2. The molecule has 0 saturated carbocycles. The van der Waals surface area contributed by atoms with Crippen LogP contribution in [0.3, 0.4) is 0 Å². The first kappa shape index (κ1) is 11.5. The van der Waals surface area contributed by atoms with Crippen LogP contribution >= 0.6 is 34.8 Å². The molecule has 0 bridgehead atoms. The molecule has 0 aliphatic rings. The first-order chi connectivity index (χ1) is 7.63. The Labute approximate surface area is 107 Å². The van der Waals surface area contributed by atoms with Gasteiger partial charge in [0.25, 0.3) is 0 Å². The summed E-state index contributed by atoms with van der Waals surface area (Å²) in [6, 6.07) is 7.10. The van der Waals surface area contributed by atoms with E-state index < -0.39 is 0 Å². The van der Waals surface area contributed by atoms with Crippen LogP contribution in [0.1, 0.15) is 5.69 Å². The zero-order valence-corrected chi connectivity index (χ0v) is 10.2. The van der Waals surface area contributed by atoms with E-state index >= 15 is 0 Å². The second-order valence-electron chi connectivity index (χ2n) is 3.19. The van der Waals surface area contributed by atoms with Gasteiger partial charge < -0.3 is 0 Å². The van der Waals surface area contributed by atoms with Crippen molar-refractivity contribution in [3.63, 3.8) is 0 Å². The summed E-state index contributed by atoms with van der Waals surface area (Å²) < 4.78 is 0. The molecule has 1 heterocycles. The average Bonchev–Trinajstić information content (AvgIpc) is 2.27. The van der Waals surface area contributed by atoms with E-state index in [0.29, 0.717) is 31.7 Å². The number of nitriles is 1. The Morgan fingerprint density at radius 2 is 1.94 bits per heavy atom. The van der Waals surface area contributed by atoms with Crippen molar-refractivity contribution in [2.24, 2.45) is 0 Å². The van der Waals surface area contributed by atoms with Crippen LogP contribution in [0.25, 0.3) is 10.9 Å². The maximum Gasteiger partial charge on any atom is 0.0907 e. The topological polar surface area (TPSA) is 36.7 Å². The predicted octanol–water partition coefficient (Wildman–Crippen LogP) is 4.26. The van der Waals surface area contributed by atoms with Gasteiger partial charge in [-0.3, -0.25) is 4.98 Å². The van der Waals surface area contributed by atoms with Crippen LogP contribution in [-0.2, 0) is 6.42 Å². The van der Waals surface area contributed by atoms with E-state index in [1.54, 1.807) is 18.2 Å². The fourth-order valence-electron chi connectivity index (χ4n) is 1.41. The van der Waals surface area contributed by atoms with Crippen molar-refractivity contribution in [3.8, 4) is 6.07 Å². The van der Waals surface area contributed by atoms with Crippen molar-refractivity contribution in [1.82, 2.24) is 4.98 Å². The summed E-state index contributed by atoms with van der Waals surface area (Å²) in [7, 11) is 0. The Morgan fingerprint density at radius 1 is 1.19 bits per heavy atom. The second kappa shape index (κ2) is 4.47. The number of hydrogen-bond acceptors (Lipinski definition) is 2. The fourth-order valence-corrected chi connectivity index (χ4v) is 2.14. The molecule has 16 heavy (non-hydrogen) atoms. The van der Waals surface area contributed by atoms with Gasteiger partial charge in [0.1, 0.15) is 0 Å². The number of halogens is 3. The van der Waals surface area contributed by atoms with Gasteiger partial charge in [-0.25, -0.2) is 0 Å². The smallest absolute Gasteiger partial charge is 0.0907 e. The predicted molar refractivity (Wildman–Crippen MR) is 66.1 cm³/mol. The van der Waals surface area contributed by atoms with E-state index in [1.807, 2.05) is 6.07 Å². The molecule has 0 unspecified atom stereocenters. The third-order valence-electron chi connectivity index (χ3n) is 2.14. The highest BCUT2D eigenvalue weighted by Crippen LogP contribution is 2.34. The highest BCUT2D eigenvalue weighted by molar-refractivity contribution is 6.47. The van der Waals surface area contributed by atoms with E-state index in [9.17, 15) is 0 Å². The quantitative estimate of drug-likeness (QED) is 0.727. The van der Waals surface area contributed by atoms with Crippen LogP contribution in [0.4, 0.5) is 0 Å². The molecule has 2 aromatic rings. The average molecular weight is 272 g/mol. The number of nitrogens with zero attached hydrogens (tertiary/aromatic N) is 2. The van der Waals surface area contributed by atoms with Crippen LogP contribution < -0.4 is 0 Å². The molecule has 0 atom stereocenters. The largest absolute Gasteiger partial charge is 0.250 e. The molecule has 0 saturated heterocycles. The molecule has 5 heteroatoms. The van der Waals surface area contributed by atoms with E-state index in [1.165, 1.54) is 0 Å². The Hall–Kier alpha value is -1.01. The monoisotopic (exact) mass is 270 g/mol. The lowest BCUT2D eigenvalue weighted by Crippen LogP contribution is -1.90. The summed E-state index contributed by atoms with van der Waals surface area (Å²) in [6.07, 6.45) is 0.243. The minimum Gasteiger partial charge on any atom is -0.250 e. The van der Waals surface area contributed by atoms with Crippen LogP contribution in [-0.4, -0.2) is 4.98 Å². The number of hydrogen-bond donors (Lipinski definition) is 0. The molecule has 2 rings (SSSR count). The molecule has 0 radical (unpaired) electrons. The zero-order valence-electron chi connectivity index (χ0n) is 7.97. The van der Waals surface area contributed by atoms with E-state index in [-0.39, 0.29) is 6.42 Å². The first-order valence-corrected chi connectivity index (χ1v) is 5.57. The fraction of sp³-hybridized carbons (Fsp3) is 0.0909. The maximum atomic E-state index is 8.59. The number of fused-ring (bicyclic) bond motifs is 1. The van der Waals surface area contributed by atoms with Crippen molar-refractivity contribution in [2.75, 3.05) is 0 Å². The Morgan fingerprint density at radius 3 is 2.62 bits per heavy atom. The van der Waals surface area contributed by atoms with Gasteiger partial charge >= 0.3 is 0 Å². The summed E-state index contributed by atoms with van der Waals surface area (Å²) in [6.45, 7) is 0. The first-order valence-electron chi connectivity index (χ1n) is 4.43. The highest BCUT2D eigenvalue weighted by atomic mass is 35.5. The van der Waals surface area contributed by atoms with Crippen molar-refractivity contribution in [2.45, 2.75) is 6.42 Å². The minimum atomic E-state index is 0.243. The van der Waals surface area contributed by atoms with Crippen LogP contribution in [0, 0.1) is 11.3 Å². The van der Waals surface area contributed by atoms with Crippen molar-refractivity contribution < 1.29 is 0 Å². The van der Waals surface area contributed by atoms with Crippen molar-refractivity contribution in [1.29, 1.82) is 5.26 Å². The van der Waals surface area contributed by atoms with Crippen molar-refractivity contribution >= 4 is 45.7 Å². The van der Waals surface area contributed by atoms with Gasteiger partial charge in [0.2, 0.25) is 0 Å². The lowest BCUT2D eigenvalue weighted by atomic mass is 10.2. The maximum absolute atomic E-state index is 8.59. The van der Waals surface area contributed by atoms with Crippen LogP contribution in [0.5, 0.6) is 0 Å². The summed E-state index contributed by atoms with van der Waals surface area (Å²) in [4.78, 5) is 4.27. The number of rotatable bonds is 1. The molecule has 0 aliphatic carbocycles. The van der Waals surface area contributed by atoms with Gasteiger partial charge in [-0.05, 0) is 18.2 Å². The van der Waals surface area contributed by atoms with Crippen molar-refractivity contribution in [3.05, 3.63) is 39.0 Å². The van der Waals surface area contributed by atoms with E-state index in [0.717, 1.165) is 0 Å². The lowest BCUT2D eigenvalue weighted by Gasteiger charge is -2.05. The van der Waals surface area contributed by atoms with Gasteiger partial charge in [-0.2, -0.15) is 5.26 Å². The zero-order chi connectivity index (χ0) is 11.7.